The van der Waals surface area contributed by atoms with Gasteiger partial charge in [-0.3, -0.25) is 0 Å². The molecule has 5 nitrogen and oxygen atoms in total. The van der Waals surface area contributed by atoms with Crippen molar-refractivity contribution < 1.29 is 9.47 Å². The van der Waals surface area contributed by atoms with Crippen LogP contribution in [-0.2, 0) is 5.75 Å². The van der Waals surface area contributed by atoms with E-state index in [1.807, 2.05) is 79.7 Å². The van der Waals surface area contributed by atoms with Gasteiger partial charge in [0, 0.05) is 17.4 Å². The average molecular weight is 440 g/mol. The number of rotatable bonds is 7. The van der Waals surface area contributed by atoms with Crippen LogP contribution in [-0.4, -0.2) is 17.1 Å². The van der Waals surface area contributed by atoms with Crippen LogP contribution in [0.3, 0.4) is 0 Å². The first-order chi connectivity index (χ1) is 15.6. The third-order valence-corrected chi connectivity index (χ3v) is 5.63. The smallest absolute Gasteiger partial charge is 0.224 e. The summed E-state index contributed by atoms with van der Waals surface area (Å²) in [5, 5.41) is 9.73. The summed E-state index contributed by atoms with van der Waals surface area (Å²) in [6.45, 7) is 2.00. The molecule has 0 radical (unpaired) electrons. The van der Waals surface area contributed by atoms with Crippen LogP contribution in [0.1, 0.15) is 16.7 Å². The third-order valence-electron chi connectivity index (χ3n) is 4.71. The second-order valence-corrected chi connectivity index (χ2v) is 8.04. The molecule has 0 aliphatic heterocycles. The number of nitrogens with zero attached hydrogens (tertiary/aromatic N) is 3. The Morgan fingerprint density at radius 3 is 2.53 bits per heavy atom. The standard InChI is InChI=1S/C26H21N3O2S/c1-18-11-12-23(24(13-18)30-2)31-25-15-22(21-9-4-3-5-10-21)28-26(29-25)32-17-20-8-6-7-19(14-20)16-27/h3-15H,17H2,1-2H3. The predicted octanol–water partition coefficient (Wildman–Crippen LogP) is 6.42. The highest BCUT2D eigenvalue weighted by Crippen LogP contribution is 2.34. The first kappa shape index (κ1) is 21.4. The number of aryl methyl sites for hydroxylation is 1. The zero-order valence-corrected chi connectivity index (χ0v) is 18.6. The Labute approximate surface area is 191 Å². The molecule has 0 aliphatic carbocycles. The Balaban J connectivity index is 1.66. The van der Waals surface area contributed by atoms with E-state index >= 15 is 0 Å². The van der Waals surface area contributed by atoms with E-state index in [0.29, 0.717) is 33.9 Å². The molecule has 158 valence electrons. The molecule has 0 unspecified atom stereocenters. The molecule has 1 heterocycles. The molecule has 0 saturated carbocycles. The molecule has 0 bridgehead atoms. The van der Waals surface area contributed by atoms with Gasteiger partial charge in [-0.2, -0.15) is 10.2 Å². The summed E-state index contributed by atoms with van der Waals surface area (Å²) in [5.41, 5.74) is 4.50. The Bertz CT molecular complexity index is 1270. The number of ether oxygens (including phenoxy) is 2. The Hall–Kier alpha value is -3.82. The van der Waals surface area contributed by atoms with Crippen LogP contribution in [0.4, 0.5) is 0 Å². The van der Waals surface area contributed by atoms with E-state index in [9.17, 15) is 0 Å². The summed E-state index contributed by atoms with van der Waals surface area (Å²) in [6, 6.07) is 27.2. The number of thioether (sulfide) groups is 1. The predicted molar refractivity (Wildman–Crippen MR) is 126 cm³/mol. The SMILES string of the molecule is COc1cc(C)ccc1Oc1cc(-c2ccccc2)nc(SCc2cccc(C#N)c2)n1. The van der Waals surface area contributed by atoms with Crippen LogP contribution in [0.25, 0.3) is 11.3 Å². The van der Waals surface area contributed by atoms with Crippen molar-refractivity contribution in [2.24, 2.45) is 0 Å². The lowest BCUT2D eigenvalue weighted by Gasteiger charge is -2.12. The van der Waals surface area contributed by atoms with E-state index in [0.717, 1.165) is 22.4 Å². The van der Waals surface area contributed by atoms with E-state index in [1.54, 1.807) is 13.2 Å². The summed E-state index contributed by atoms with van der Waals surface area (Å²) in [5.74, 6) is 2.32. The molecule has 4 rings (SSSR count). The zero-order chi connectivity index (χ0) is 22.3. The van der Waals surface area contributed by atoms with Crippen molar-refractivity contribution in [1.29, 1.82) is 5.26 Å². The normalized spacial score (nSPS) is 10.4. The summed E-state index contributed by atoms with van der Waals surface area (Å²) in [7, 11) is 1.62. The molecular weight excluding hydrogens is 418 g/mol. The fourth-order valence-electron chi connectivity index (χ4n) is 3.13. The van der Waals surface area contributed by atoms with Gasteiger partial charge in [-0.05, 0) is 42.3 Å². The van der Waals surface area contributed by atoms with E-state index in [4.69, 9.17) is 19.7 Å². The maximum Gasteiger partial charge on any atom is 0.224 e. The summed E-state index contributed by atoms with van der Waals surface area (Å²) >= 11 is 1.50. The van der Waals surface area contributed by atoms with Crippen molar-refractivity contribution >= 4 is 11.8 Å². The maximum atomic E-state index is 9.14. The van der Waals surface area contributed by atoms with Crippen LogP contribution >= 0.6 is 11.8 Å². The van der Waals surface area contributed by atoms with Gasteiger partial charge in [0.15, 0.2) is 16.7 Å². The Kier molecular flexibility index (Phi) is 6.69. The van der Waals surface area contributed by atoms with Gasteiger partial charge in [-0.25, -0.2) is 4.98 Å². The summed E-state index contributed by atoms with van der Waals surface area (Å²) in [6.07, 6.45) is 0. The molecule has 0 amide bonds. The molecule has 0 spiro atoms. The second-order valence-electron chi connectivity index (χ2n) is 7.10. The van der Waals surface area contributed by atoms with E-state index in [2.05, 4.69) is 11.1 Å². The van der Waals surface area contributed by atoms with Gasteiger partial charge < -0.3 is 9.47 Å². The molecule has 0 aliphatic rings. The van der Waals surface area contributed by atoms with Crippen molar-refractivity contribution in [2.45, 2.75) is 17.8 Å². The Morgan fingerprint density at radius 1 is 0.906 bits per heavy atom. The number of nitriles is 1. The zero-order valence-electron chi connectivity index (χ0n) is 17.8. The second kappa shape index (κ2) is 9.99. The molecule has 0 saturated heterocycles. The quantitative estimate of drug-likeness (QED) is 0.245. The number of benzene rings is 3. The van der Waals surface area contributed by atoms with Crippen LogP contribution in [0.5, 0.6) is 17.4 Å². The minimum Gasteiger partial charge on any atom is -0.493 e. The molecular formula is C26H21N3O2S. The monoisotopic (exact) mass is 439 g/mol. The molecule has 0 atom stereocenters. The lowest BCUT2D eigenvalue weighted by molar-refractivity contribution is 0.372. The number of hydrogen-bond acceptors (Lipinski definition) is 6. The fourth-order valence-corrected chi connectivity index (χ4v) is 3.92. The number of aromatic nitrogens is 2. The van der Waals surface area contributed by atoms with Crippen molar-refractivity contribution in [3.8, 4) is 34.7 Å². The molecule has 0 fully saturated rings. The molecule has 1 aromatic heterocycles. The van der Waals surface area contributed by atoms with Crippen molar-refractivity contribution in [1.82, 2.24) is 9.97 Å². The number of hydrogen-bond donors (Lipinski definition) is 0. The van der Waals surface area contributed by atoms with Crippen molar-refractivity contribution in [2.75, 3.05) is 7.11 Å². The van der Waals surface area contributed by atoms with Crippen LogP contribution in [0, 0.1) is 18.3 Å². The topological polar surface area (TPSA) is 68.0 Å². The summed E-state index contributed by atoms with van der Waals surface area (Å²) < 4.78 is 11.6. The molecule has 32 heavy (non-hydrogen) atoms. The highest BCUT2D eigenvalue weighted by Gasteiger charge is 2.12. The number of methoxy groups -OCH3 is 1. The van der Waals surface area contributed by atoms with E-state index in [1.165, 1.54) is 11.8 Å². The lowest BCUT2D eigenvalue weighted by Crippen LogP contribution is -1.97. The van der Waals surface area contributed by atoms with Crippen LogP contribution in [0.2, 0.25) is 0 Å². The van der Waals surface area contributed by atoms with Crippen molar-refractivity contribution in [3.63, 3.8) is 0 Å². The first-order valence-electron chi connectivity index (χ1n) is 10.0. The molecule has 3 aromatic carbocycles. The third kappa shape index (κ3) is 5.26. The fraction of sp³-hybridized carbons (Fsp3) is 0.115. The van der Waals surface area contributed by atoms with Crippen LogP contribution < -0.4 is 9.47 Å². The van der Waals surface area contributed by atoms with Gasteiger partial charge in [0.05, 0.1) is 24.4 Å². The van der Waals surface area contributed by atoms with Gasteiger partial charge in [-0.15, -0.1) is 0 Å². The van der Waals surface area contributed by atoms with Crippen molar-refractivity contribution in [3.05, 3.63) is 95.6 Å². The van der Waals surface area contributed by atoms with Gasteiger partial charge in [-0.1, -0.05) is 60.3 Å². The minimum absolute atomic E-state index is 0.439. The lowest BCUT2D eigenvalue weighted by atomic mass is 10.1. The highest BCUT2D eigenvalue weighted by atomic mass is 32.2. The minimum atomic E-state index is 0.439. The largest absolute Gasteiger partial charge is 0.493 e. The van der Waals surface area contributed by atoms with E-state index < -0.39 is 0 Å². The highest BCUT2D eigenvalue weighted by molar-refractivity contribution is 7.98. The van der Waals surface area contributed by atoms with Crippen LogP contribution in [0.15, 0.2) is 84.0 Å². The van der Waals surface area contributed by atoms with Gasteiger partial charge in [0.25, 0.3) is 0 Å². The Morgan fingerprint density at radius 2 is 1.75 bits per heavy atom. The first-order valence-corrected chi connectivity index (χ1v) is 11.0. The molecule has 4 aromatic rings. The van der Waals surface area contributed by atoms with Gasteiger partial charge >= 0.3 is 0 Å². The molecule has 6 heteroatoms. The maximum absolute atomic E-state index is 9.14. The van der Waals surface area contributed by atoms with Gasteiger partial charge in [0.2, 0.25) is 5.88 Å². The summed E-state index contributed by atoms with van der Waals surface area (Å²) in [4.78, 5) is 9.35. The molecule has 0 N–H and O–H groups in total. The van der Waals surface area contributed by atoms with Gasteiger partial charge in [0.1, 0.15) is 0 Å². The average Bonchev–Trinajstić information content (AvgIpc) is 2.84. The van der Waals surface area contributed by atoms with E-state index in [-0.39, 0.29) is 0 Å².